The van der Waals surface area contributed by atoms with Gasteiger partial charge in [0.25, 0.3) is 0 Å². The largest absolute Gasteiger partial charge is 0.508 e. The van der Waals surface area contributed by atoms with Gasteiger partial charge in [0.05, 0.1) is 17.1 Å². The van der Waals surface area contributed by atoms with E-state index >= 15 is 0 Å². The Labute approximate surface area is 198 Å². The Balaban J connectivity index is 1.53. The lowest BCUT2D eigenvalue weighted by Gasteiger charge is -2.73. The number of aliphatic hydroxyl groups is 1. The number of hydrogen-bond donors (Lipinski definition) is 3. The minimum atomic E-state index is -0.521. The van der Waals surface area contributed by atoms with E-state index in [9.17, 15) is 10.2 Å². The third-order valence-corrected chi connectivity index (χ3v) is 10.3. The molecule has 1 aromatic rings. The second-order valence-electron chi connectivity index (χ2n) is 12.4. The molecule has 4 aliphatic carbocycles. The summed E-state index contributed by atoms with van der Waals surface area (Å²) in [6, 6.07) is 5.82. The summed E-state index contributed by atoms with van der Waals surface area (Å²) in [5.41, 5.74) is 8.85. The van der Waals surface area contributed by atoms with Crippen LogP contribution in [0.25, 0.3) is 0 Å². The van der Waals surface area contributed by atoms with Gasteiger partial charge in [-0.1, -0.05) is 30.7 Å². The summed E-state index contributed by atoms with van der Waals surface area (Å²) in [7, 11) is 0. The highest BCUT2D eigenvalue weighted by Crippen LogP contribution is 2.67. The first-order chi connectivity index (χ1) is 15.8. The fraction of sp³-hybridized carbons (Fsp3) is 0.724. The highest BCUT2D eigenvalue weighted by molar-refractivity contribution is 5.39. The molecule has 5 fully saturated rings. The molecule has 33 heavy (non-hydrogen) atoms. The van der Waals surface area contributed by atoms with Gasteiger partial charge in [0.1, 0.15) is 5.75 Å². The average Bonchev–Trinajstić information content (AvgIpc) is 2.78. The standard InChI is InChI=1S/C29H39NO3/c1-27(2)26-21-9-11-23(17-31)29(26,30)25-8-4-6-19-15-24(32)12-10-20(19)13-18-5-3-7-22(14-18)28(25,16-21)33-27/h10,12,15,18,21-23,25-26,31-32H,3,5-7,9,11,13-14,16-17,30H2,1-2H3. The lowest BCUT2D eigenvalue weighted by atomic mass is 9.40. The molecule has 178 valence electrons. The van der Waals surface area contributed by atoms with Crippen LogP contribution in [0.2, 0.25) is 0 Å². The molecule has 0 amide bonds. The maximum Gasteiger partial charge on any atom is 0.115 e. The topological polar surface area (TPSA) is 75.7 Å². The Hall–Kier alpha value is -1.54. The molecule has 4 nitrogen and oxygen atoms in total. The molecular formula is C29H39NO3. The van der Waals surface area contributed by atoms with E-state index in [1.165, 1.54) is 24.8 Å². The van der Waals surface area contributed by atoms with Crippen molar-refractivity contribution in [3.05, 3.63) is 29.3 Å². The summed E-state index contributed by atoms with van der Waals surface area (Å²) in [5.74, 6) is 9.41. The molecule has 2 aliphatic heterocycles. The van der Waals surface area contributed by atoms with E-state index in [2.05, 4.69) is 31.8 Å². The van der Waals surface area contributed by atoms with Crippen LogP contribution in [0.4, 0.5) is 0 Å². The number of hydrogen-bond acceptors (Lipinski definition) is 4. The molecule has 2 saturated heterocycles. The van der Waals surface area contributed by atoms with Crippen LogP contribution in [0.15, 0.2) is 18.2 Å². The molecule has 8 unspecified atom stereocenters. The van der Waals surface area contributed by atoms with Crippen LogP contribution in [0.5, 0.6) is 5.75 Å². The number of phenols is 1. The normalized spacial score (nSPS) is 45.1. The first-order valence-corrected chi connectivity index (χ1v) is 13.2. The molecule has 1 aromatic carbocycles. The van der Waals surface area contributed by atoms with Crippen LogP contribution in [-0.4, -0.2) is 33.6 Å². The molecule has 3 saturated carbocycles. The van der Waals surface area contributed by atoms with Crippen molar-refractivity contribution in [1.29, 1.82) is 0 Å². The Morgan fingerprint density at radius 1 is 1.15 bits per heavy atom. The van der Waals surface area contributed by atoms with Crippen molar-refractivity contribution < 1.29 is 14.9 Å². The van der Waals surface area contributed by atoms with Gasteiger partial charge in [-0.05, 0) is 93.4 Å². The zero-order valence-electron chi connectivity index (χ0n) is 20.1. The number of ether oxygens (including phenoxy) is 1. The lowest BCUT2D eigenvalue weighted by Crippen LogP contribution is -2.82. The highest BCUT2D eigenvalue weighted by Gasteiger charge is 2.74. The zero-order chi connectivity index (χ0) is 23.0. The van der Waals surface area contributed by atoms with E-state index in [0.717, 1.165) is 37.7 Å². The number of benzene rings is 1. The Bertz CT molecular complexity index is 1010. The zero-order valence-corrected chi connectivity index (χ0v) is 20.1. The smallest absolute Gasteiger partial charge is 0.115 e. The molecule has 0 radical (unpaired) electrons. The van der Waals surface area contributed by atoms with Crippen LogP contribution in [-0.2, 0) is 17.6 Å². The second-order valence-corrected chi connectivity index (χ2v) is 12.4. The Morgan fingerprint density at radius 3 is 2.82 bits per heavy atom. The van der Waals surface area contributed by atoms with Gasteiger partial charge < -0.3 is 20.7 Å². The molecule has 1 spiro atoms. The first-order valence-electron chi connectivity index (χ1n) is 13.2. The summed E-state index contributed by atoms with van der Waals surface area (Å²) in [6.07, 6.45) is 9.71. The minimum Gasteiger partial charge on any atom is -0.508 e. The third kappa shape index (κ3) is 3.08. The molecule has 6 aliphatic rings. The Kier molecular flexibility index (Phi) is 4.98. The first kappa shape index (κ1) is 22.0. The number of aromatic hydroxyl groups is 1. The fourth-order valence-electron chi connectivity index (χ4n) is 9.34. The van der Waals surface area contributed by atoms with Crippen molar-refractivity contribution in [2.75, 3.05) is 6.61 Å². The molecular weight excluding hydrogens is 410 g/mol. The van der Waals surface area contributed by atoms with Crippen LogP contribution >= 0.6 is 0 Å². The van der Waals surface area contributed by atoms with Crippen molar-refractivity contribution in [2.24, 2.45) is 41.2 Å². The quantitative estimate of drug-likeness (QED) is 0.562. The van der Waals surface area contributed by atoms with Crippen molar-refractivity contribution in [1.82, 2.24) is 0 Å². The van der Waals surface area contributed by atoms with E-state index in [0.29, 0.717) is 29.9 Å². The number of phenolic OH excluding ortho intramolecular Hbond substituents is 1. The van der Waals surface area contributed by atoms with Crippen LogP contribution in [0.3, 0.4) is 0 Å². The van der Waals surface area contributed by atoms with E-state index in [-0.39, 0.29) is 35.6 Å². The summed E-state index contributed by atoms with van der Waals surface area (Å²) < 4.78 is 7.21. The summed E-state index contributed by atoms with van der Waals surface area (Å²) in [4.78, 5) is 0. The lowest BCUT2D eigenvalue weighted by molar-refractivity contribution is -0.339. The maximum absolute atomic E-state index is 10.5. The van der Waals surface area contributed by atoms with Crippen LogP contribution < -0.4 is 5.73 Å². The fourth-order valence-corrected chi connectivity index (χ4v) is 9.34. The van der Waals surface area contributed by atoms with Gasteiger partial charge in [-0.3, -0.25) is 0 Å². The van der Waals surface area contributed by atoms with E-state index in [4.69, 9.17) is 10.5 Å². The van der Waals surface area contributed by atoms with Gasteiger partial charge >= 0.3 is 0 Å². The van der Waals surface area contributed by atoms with Crippen molar-refractivity contribution in [2.45, 2.75) is 88.4 Å². The number of nitrogens with two attached hydrogens (primary N) is 1. The van der Waals surface area contributed by atoms with E-state index in [1.807, 2.05) is 12.1 Å². The van der Waals surface area contributed by atoms with Crippen LogP contribution in [0.1, 0.15) is 69.9 Å². The minimum absolute atomic E-state index is 0.0562. The number of aliphatic hydroxyl groups excluding tert-OH is 1. The molecule has 7 rings (SSSR count). The van der Waals surface area contributed by atoms with Crippen molar-refractivity contribution in [3.8, 4) is 17.6 Å². The molecule has 8 atom stereocenters. The third-order valence-electron chi connectivity index (χ3n) is 10.3. The Morgan fingerprint density at radius 2 is 2.00 bits per heavy atom. The summed E-state index contributed by atoms with van der Waals surface area (Å²) in [6.45, 7) is 4.63. The highest BCUT2D eigenvalue weighted by atomic mass is 16.5. The number of fused-ring (bicyclic) bond motifs is 4. The van der Waals surface area contributed by atoms with Gasteiger partial charge in [0, 0.05) is 30.4 Å². The predicted octanol–water partition coefficient (Wildman–Crippen LogP) is 4.20. The SMILES string of the molecule is CC1(C)OC23CC4CCC(CO)C(N)(C41)C2C#CCc1cc(O)ccc1CC1CCCC3C1. The predicted molar refractivity (Wildman–Crippen MR) is 128 cm³/mol. The van der Waals surface area contributed by atoms with Gasteiger partial charge in [0.15, 0.2) is 0 Å². The van der Waals surface area contributed by atoms with Crippen molar-refractivity contribution >= 4 is 0 Å². The van der Waals surface area contributed by atoms with Crippen LogP contribution in [0, 0.1) is 47.3 Å². The van der Waals surface area contributed by atoms with Gasteiger partial charge in [0.2, 0.25) is 0 Å². The van der Waals surface area contributed by atoms with E-state index < -0.39 is 5.54 Å². The van der Waals surface area contributed by atoms with Crippen molar-refractivity contribution in [3.63, 3.8) is 0 Å². The van der Waals surface area contributed by atoms with Gasteiger partial charge in [-0.2, -0.15) is 0 Å². The molecule has 4 heteroatoms. The van der Waals surface area contributed by atoms with Gasteiger partial charge in [-0.15, -0.1) is 0 Å². The monoisotopic (exact) mass is 449 g/mol. The molecule has 0 aromatic heterocycles. The summed E-state index contributed by atoms with van der Waals surface area (Å²) >= 11 is 0. The van der Waals surface area contributed by atoms with E-state index in [1.54, 1.807) is 0 Å². The molecule has 2 heterocycles. The molecule has 6 bridgehead atoms. The maximum atomic E-state index is 10.5. The average molecular weight is 450 g/mol. The van der Waals surface area contributed by atoms with Gasteiger partial charge in [-0.25, -0.2) is 0 Å². The second kappa shape index (κ2) is 7.48. The summed E-state index contributed by atoms with van der Waals surface area (Å²) in [5, 5.41) is 20.6. The molecule has 4 N–H and O–H groups in total. The number of rotatable bonds is 1.